The fourth-order valence-electron chi connectivity index (χ4n) is 2.14. The molecule has 5 N–H and O–H groups in total. The third kappa shape index (κ3) is 2.91. The molecule has 0 spiro atoms. The van der Waals surface area contributed by atoms with Crippen LogP contribution in [0.1, 0.15) is 17.3 Å². The van der Waals surface area contributed by atoms with Gasteiger partial charge in [0.05, 0.1) is 12.2 Å². The number of thioether (sulfide) groups is 1. The molecule has 1 aromatic carbocycles. The highest BCUT2D eigenvalue weighted by Crippen LogP contribution is 2.21. The third-order valence-corrected chi connectivity index (χ3v) is 4.51. The number of aromatic amines is 1. The van der Waals surface area contributed by atoms with Gasteiger partial charge in [-0.05, 0) is 31.4 Å². The lowest BCUT2D eigenvalue weighted by Gasteiger charge is -2.21. The maximum atomic E-state index is 12.3. The zero-order chi connectivity index (χ0) is 14.7. The summed E-state index contributed by atoms with van der Waals surface area (Å²) in [5, 5.41) is 13.0. The summed E-state index contributed by atoms with van der Waals surface area (Å²) in [6.45, 7) is 1.92. The van der Waals surface area contributed by atoms with Gasteiger partial charge in [0, 0.05) is 34.1 Å². The quantitative estimate of drug-likeness (QED) is 0.630. The van der Waals surface area contributed by atoms with Crippen molar-refractivity contribution in [1.29, 1.82) is 0 Å². The van der Waals surface area contributed by atoms with Gasteiger partial charge in [0.2, 0.25) is 0 Å². The molecule has 1 heterocycles. The van der Waals surface area contributed by atoms with Gasteiger partial charge in [0.15, 0.2) is 0 Å². The first-order valence-electron chi connectivity index (χ1n) is 6.38. The van der Waals surface area contributed by atoms with Crippen molar-refractivity contribution in [3.63, 3.8) is 0 Å². The van der Waals surface area contributed by atoms with E-state index in [4.69, 9.17) is 5.73 Å². The molecule has 1 aromatic heterocycles. The van der Waals surface area contributed by atoms with E-state index in [0.29, 0.717) is 11.3 Å². The molecule has 0 saturated carbocycles. The van der Waals surface area contributed by atoms with Crippen LogP contribution in [-0.2, 0) is 0 Å². The maximum absolute atomic E-state index is 12.3. The number of aliphatic hydroxyl groups excluding tert-OH is 1. The van der Waals surface area contributed by atoms with Crippen LogP contribution >= 0.6 is 11.8 Å². The third-order valence-electron chi connectivity index (χ3n) is 3.35. The summed E-state index contributed by atoms with van der Waals surface area (Å²) in [4.78, 5) is 15.4. The second kappa shape index (κ2) is 6.19. The van der Waals surface area contributed by atoms with E-state index in [9.17, 15) is 9.90 Å². The zero-order valence-corrected chi connectivity index (χ0v) is 12.3. The minimum Gasteiger partial charge on any atom is -0.399 e. The molecule has 2 unspecified atom stereocenters. The molecule has 20 heavy (non-hydrogen) atoms. The molecular weight excluding hydrogens is 274 g/mol. The summed E-state index contributed by atoms with van der Waals surface area (Å²) in [6, 6.07) is 5.30. The van der Waals surface area contributed by atoms with Gasteiger partial charge in [-0.3, -0.25) is 4.79 Å². The standard InChI is InChI=1S/C14H19N3O2S/c1-8(13(7-18)20-2)17-14(19)11-6-16-12-4-3-9(15)5-10(11)12/h3-6,8,13,16,18H,7,15H2,1-2H3,(H,17,19). The summed E-state index contributed by atoms with van der Waals surface area (Å²) < 4.78 is 0. The summed E-state index contributed by atoms with van der Waals surface area (Å²) >= 11 is 1.53. The summed E-state index contributed by atoms with van der Waals surface area (Å²) in [5.41, 5.74) is 7.83. The topological polar surface area (TPSA) is 91.1 Å². The van der Waals surface area contributed by atoms with Crippen molar-refractivity contribution in [1.82, 2.24) is 10.3 Å². The van der Waals surface area contributed by atoms with Crippen molar-refractivity contribution in [3.05, 3.63) is 30.0 Å². The minimum absolute atomic E-state index is 0.0192. The Hall–Kier alpha value is -1.66. The molecule has 0 aliphatic heterocycles. The number of nitrogens with one attached hydrogen (secondary N) is 2. The fraction of sp³-hybridized carbons (Fsp3) is 0.357. The van der Waals surface area contributed by atoms with Gasteiger partial charge in [0.25, 0.3) is 5.91 Å². The number of aromatic nitrogens is 1. The molecule has 2 rings (SSSR count). The van der Waals surface area contributed by atoms with E-state index in [1.54, 1.807) is 18.3 Å². The Kier molecular flexibility index (Phi) is 4.57. The second-order valence-electron chi connectivity index (χ2n) is 4.73. The Labute approximate surface area is 121 Å². The second-order valence-corrected chi connectivity index (χ2v) is 5.80. The number of carbonyl (C=O) groups is 1. The lowest BCUT2D eigenvalue weighted by molar-refractivity contribution is 0.0937. The Bertz CT molecular complexity index is 607. The van der Waals surface area contributed by atoms with Gasteiger partial charge in [-0.2, -0.15) is 11.8 Å². The number of rotatable bonds is 5. The number of hydrogen-bond donors (Lipinski definition) is 4. The number of amides is 1. The molecule has 0 saturated heterocycles. The van der Waals surface area contributed by atoms with E-state index < -0.39 is 0 Å². The smallest absolute Gasteiger partial charge is 0.253 e. The van der Waals surface area contributed by atoms with E-state index in [0.717, 1.165) is 10.9 Å². The van der Waals surface area contributed by atoms with Crippen molar-refractivity contribution < 1.29 is 9.90 Å². The molecule has 0 aliphatic rings. The van der Waals surface area contributed by atoms with Crippen LogP contribution in [0, 0.1) is 0 Å². The maximum Gasteiger partial charge on any atom is 0.253 e. The highest BCUT2D eigenvalue weighted by Gasteiger charge is 2.19. The largest absolute Gasteiger partial charge is 0.399 e. The van der Waals surface area contributed by atoms with Crippen LogP contribution in [0.3, 0.4) is 0 Å². The van der Waals surface area contributed by atoms with Crippen molar-refractivity contribution in [2.75, 3.05) is 18.6 Å². The number of fused-ring (bicyclic) bond motifs is 1. The number of carbonyl (C=O) groups excluding carboxylic acids is 1. The van der Waals surface area contributed by atoms with E-state index >= 15 is 0 Å². The molecule has 2 atom stereocenters. The highest BCUT2D eigenvalue weighted by molar-refractivity contribution is 7.99. The fourth-order valence-corrected chi connectivity index (χ4v) is 2.77. The summed E-state index contributed by atoms with van der Waals surface area (Å²) in [5.74, 6) is -0.165. The predicted molar refractivity (Wildman–Crippen MR) is 84.0 cm³/mol. The van der Waals surface area contributed by atoms with Crippen LogP contribution in [0.4, 0.5) is 5.69 Å². The van der Waals surface area contributed by atoms with Gasteiger partial charge < -0.3 is 21.1 Å². The van der Waals surface area contributed by atoms with Gasteiger partial charge >= 0.3 is 0 Å². The van der Waals surface area contributed by atoms with Crippen molar-refractivity contribution in [2.24, 2.45) is 0 Å². The Morgan fingerprint density at radius 2 is 2.30 bits per heavy atom. The number of H-pyrrole nitrogens is 1. The van der Waals surface area contributed by atoms with Crippen LogP contribution in [0.2, 0.25) is 0 Å². The average molecular weight is 293 g/mol. The van der Waals surface area contributed by atoms with E-state index in [1.165, 1.54) is 11.8 Å². The molecule has 6 heteroatoms. The number of aliphatic hydroxyl groups is 1. The minimum atomic E-state index is -0.165. The van der Waals surface area contributed by atoms with E-state index in [1.807, 2.05) is 19.2 Å². The van der Waals surface area contributed by atoms with Crippen LogP contribution in [0.25, 0.3) is 10.9 Å². The van der Waals surface area contributed by atoms with Crippen molar-refractivity contribution >= 4 is 34.3 Å². The Morgan fingerprint density at radius 1 is 1.55 bits per heavy atom. The van der Waals surface area contributed by atoms with Crippen molar-refractivity contribution in [2.45, 2.75) is 18.2 Å². The first-order valence-corrected chi connectivity index (χ1v) is 7.66. The first-order chi connectivity index (χ1) is 9.56. The molecule has 0 aliphatic carbocycles. The molecule has 0 bridgehead atoms. The molecule has 5 nitrogen and oxygen atoms in total. The molecule has 1 amide bonds. The molecule has 0 radical (unpaired) electrons. The van der Waals surface area contributed by atoms with E-state index in [2.05, 4.69) is 10.3 Å². The number of nitrogens with two attached hydrogens (primary N) is 1. The molecule has 108 valence electrons. The van der Waals surface area contributed by atoms with Crippen LogP contribution < -0.4 is 11.1 Å². The first kappa shape index (κ1) is 14.7. The van der Waals surface area contributed by atoms with Crippen molar-refractivity contribution in [3.8, 4) is 0 Å². The van der Waals surface area contributed by atoms with E-state index in [-0.39, 0.29) is 23.8 Å². The Morgan fingerprint density at radius 3 is 2.95 bits per heavy atom. The predicted octanol–water partition coefficient (Wildman–Crippen LogP) is 1.59. The number of hydrogen-bond acceptors (Lipinski definition) is 4. The lowest BCUT2D eigenvalue weighted by Crippen LogP contribution is -2.41. The van der Waals surface area contributed by atoms with Gasteiger partial charge in [0.1, 0.15) is 0 Å². The Balaban J connectivity index is 2.21. The normalized spacial score (nSPS) is 14.2. The number of anilines is 1. The van der Waals surface area contributed by atoms with Crippen LogP contribution in [0.5, 0.6) is 0 Å². The van der Waals surface area contributed by atoms with Gasteiger partial charge in [-0.1, -0.05) is 0 Å². The van der Waals surface area contributed by atoms with Crippen LogP contribution in [-0.4, -0.2) is 40.2 Å². The number of nitrogen functional groups attached to an aromatic ring is 1. The van der Waals surface area contributed by atoms with Gasteiger partial charge in [-0.25, -0.2) is 0 Å². The summed E-state index contributed by atoms with van der Waals surface area (Å²) in [6.07, 6.45) is 3.59. The molecule has 2 aromatic rings. The number of benzene rings is 1. The summed E-state index contributed by atoms with van der Waals surface area (Å²) in [7, 11) is 0. The van der Waals surface area contributed by atoms with Gasteiger partial charge in [-0.15, -0.1) is 0 Å². The molecule has 0 fully saturated rings. The van der Waals surface area contributed by atoms with Crippen LogP contribution in [0.15, 0.2) is 24.4 Å². The monoisotopic (exact) mass is 293 g/mol. The zero-order valence-electron chi connectivity index (χ0n) is 11.5. The lowest BCUT2D eigenvalue weighted by atomic mass is 10.1. The average Bonchev–Trinajstić information content (AvgIpc) is 2.82. The highest BCUT2D eigenvalue weighted by atomic mass is 32.2. The SMILES string of the molecule is CSC(CO)C(C)NC(=O)c1c[nH]c2ccc(N)cc12. The molecular formula is C14H19N3O2S.